The zero-order valence-electron chi connectivity index (χ0n) is 17.1. The van der Waals surface area contributed by atoms with Crippen molar-refractivity contribution in [2.24, 2.45) is 0 Å². The van der Waals surface area contributed by atoms with Crippen LogP contribution in [0.3, 0.4) is 0 Å². The zero-order chi connectivity index (χ0) is 21.2. The summed E-state index contributed by atoms with van der Waals surface area (Å²) in [6.45, 7) is 8.21. The summed E-state index contributed by atoms with van der Waals surface area (Å²) in [4.78, 5) is 17.5. The normalized spacial score (nSPS) is 11.8. The number of hydrogen-bond acceptors (Lipinski definition) is 4. The Morgan fingerprint density at radius 1 is 1.00 bits per heavy atom. The van der Waals surface area contributed by atoms with Gasteiger partial charge < -0.3 is 5.32 Å². The molecule has 3 rings (SSSR count). The number of rotatable bonds is 6. The lowest BCUT2D eigenvalue weighted by Gasteiger charge is -2.18. The summed E-state index contributed by atoms with van der Waals surface area (Å²) in [5.41, 5.74) is 3.59. The quantitative estimate of drug-likeness (QED) is 0.661. The number of nitrogens with one attached hydrogen (secondary N) is 1. The van der Waals surface area contributed by atoms with Gasteiger partial charge in [-0.15, -0.1) is 0 Å². The highest BCUT2D eigenvalue weighted by molar-refractivity contribution is 7.89. The molecule has 0 aliphatic heterocycles. The smallest absolute Gasteiger partial charge is 0.257 e. The van der Waals surface area contributed by atoms with Crippen LogP contribution in [-0.4, -0.2) is 36.7 Å². The molecule has 0 unspecified atom stereocenters. The Morgan fingerprint density at radius 3 is 2.28 bits per heavy atom. The van der Waals surface area contributed by atoms with E-state index in [1.807, 2.05) is 31.2 Å². The second kappa shape index (κ2) is 8.31. The number of amides is 1. The molecule has 1 aromatic heterocycles. The Hall–Kier alpha value is -2.77. The van der Waals surface area contributed by atoms with Gasteiger partial charge in [0, 0.05) is 24.2 Å². The number of fused-ring (bicyclic) bond motifs is 1. The molecule has 7 heteroatoms. The third-order valence-electron chi connectivity index (χ3n) is 4.86. The summed E-state index contributed by atoms with van der Waals surface area (Å²) >= 11 is 0. The van der Waals surface area contributed by atoms with Crippen LogP contribution < -0.4 is 5.32 Å². The van der Waals surface area contributed by atoms with Crippen LogP contribution in [0.15, 0.2) is 53.4 Å². The van der Waals surface area contributed by atoms with E-state index < -0.39 is 10.0 Å². The third-order valence-corrected chi connectivity index (χ3v) is 6.92. The van der Waals surface area contributed by atoms with Gasteiger partial charge in [-0.25, -0.2) is 8.42 Å². The summed E-state index contributed by atoms with van der Waals surface area (Å²) in [5, 5.41) is 3.73. The summed E-state index contributed by atoms with van der Waals surface area (Å²) in [6.07, 6.45) is 0. The predicted octanol–water partition coefficient (Wildman–Crippen LogP) is 4.13. The van der Waals surface area contributed by atoms with Crippen LogP contribution in [0.25, 0.3) is 10.9 Å². The number of pyridine rings is 1. The van der Waals surface area contributed by atoms with Crippen molar-refractivity contribution in [3.05, 3.63) is 65.4 Å². The number of hydrogen-bond donors (Lipinski definition) is 1. The van der Waals surface area contributed by atoms with E-state index in [1.54, 1.807) is 32.9 Å². The standard InChI is InChI=1S/C22H25N3O3S/c1-5-25(6-2)29(27,28)19-10-8-18(9-11-19)24-22(26)20-14-17-13-15(3)7-12-21(17)23-16(20)4/h7-14H,5-6H2,1-4H3,(H,24,26). The Kier molecular flexibility index (Phi) is 6.00. The molecule has 6 nitrogen and oxygen atoms in total. The van der Waals surface area contributed by atoms with E-state index in [4.69, 9.17) is 0 Å². The fourth-order valence-corrected chi connectivity index (χ4v) is 4.70. The molecular weight excluding hydrogens is 386 g/mol. The maximum Gasteiger partial charge on any atom is 0.257 e. The highest BCUT2D eigenvalue weighted by atomic mass is 32.2. The summed E-state index contributed by atoms with van der Waals surface area (Å²) < 4.78 is 26.5. The average Bonchev–Trinajstić information content (AvgIpc) is 2.69. The average molecular weight is 412 g/mol. The number of anilines is 1. The first-order valence-electron chi connectivity index (χ1n) is 9.55. The molecular formula is C22H25N3O3S. The molecule has 0 fully saturated rings. The van der Waals surface area contributed by atoms with Gasteiger partial charge in [0.2, 0.25) is 10.0 Å². The molecule has 1 amide bonds. The molecule has 0 radical (unpaired) electrons. The highest BCUT2D eigenvalue weighted by Crippen LogP contribution is 2.21. The molecule has 0 saturated carbocycles. The minimum absolute atomic E-state index is 0.207. The Labute approximate surface area is 171 Å². The first-order chi connectivity index (χ1) is 13.8. The molecule has 3 aromatic rings. The van der Waals surface area contributed by atoms with Crippen molar-refractivity contribution in [2.75, 3.05) is 18.4 Å². The largest absolute Gasteiger partial charge is 0.322 e. The fraction of sp³-hybridized carbons (Fsp3) is 0.273. The van der Waals surface area contributed by atoms with E-state index >= 15 is 0 Å². The second-order valence-corrected chi connectivity index (χ2v) is 8.82. The lowest BCUT2D eigenvalue weighted by molar-refractivity contribution is 0.102. The van der Waals surface area contributed by atoms with Gasteiger partial charge in [0.1, 0.15) is 0 Å². The number of nitrogens with zero attached hydrogens (tertiary/aromatic N) is 2. The Balaban J connectivity index is 1.84. The van der Waals surface area contributed by atoms with Crippen molar-refractivity contribution >= 4 is 32.5 Å². The molecule has 2 aromatic carbocycles. The van der Waals surface area contributed by atoms with Crippen LogP contribution in [-0.2, 0) is 10.0 Å². The van der Waals surface area contributed by atoms with Gasteiger partial charge in [-0.3, -0.25) is 9.78 Å². The molecule has 0 atom stereocenters. The van der Waals surface area contributed by atoms with Gasteiger partial charge in [0.05, 0.1) is 21.7 Å². The second-order valence-electron chi connectivity index (χ2n) is 6.89. The number of sulfonamides is 1. The fourth-order valence-electron chi connectivity index (χ4n) is 3.24. The van der Waals surface area contributed by atoms with Crippen LogP contribution in [0.5, 0.6) is 0 Å². The van der Waals surface area contributed by atoms with Crippen LogP contribution in [0, 0.1) is 13.8 Å². The molecule has 0 spiro atoms. The molecule has 1 heterocycles. The van der Waals surface area contributed by atoms with Gasteiger partial charge in [0.25, 0.3) is 5.91 Å². The third kappa shape index (κ3) is 4.31. The maximum atomic E-state index is 12.8. The first-order valence-corrected chi connectivity index (χ1v) is 11.0. The van der Waals surface area contributed by atoms with Crippen molar-refractivity contribution in [2.45, 2.75) is 32.6 Å². The van der Waals surface area contributed by atoms with E-state index in [2.05, 4.69) is 10.3 Å². The minimum Gasteiger partial charge on any atom is -0.322 e. The molecule has 0 aliphatic rings. The van der Waals surface area contributed by atoms with E-state index in [0.29, 0.717) is 30.0 Å². The summed E-state index contributed by atoms with van der Waals surface area (Å²) in [7, 11) is -3.52. The van der Waals surface area contributed by atoms with E-state index in [9.17, 15) is 13.2 Å². The summed E-state index contributed by atoms with van der Waals surface area (Å²) in [5.74, 6) is -0.280. The SMILES string of the molecule is CCN(CC)S(=O)(=O)c1ccc(NC(=O)c2cc3cc(C)ccc3nc2C)cc1. The molecule has 0 saturated heterocycles. The molecule has 0 aliphatic carbocycles. The predicted molar refractivity (Wildman–Crippen MR) is 116 cm³/mol. The van der Waals surface area contributed by atoms with Gasteiger partial charge in [0.15, 0.2) is 0 Å². The van der Waals surface area contributed by atoms with Crippen molar-refractivity contribution in [3.8, 4) is 0 Å². The number of aryl methyl sites for hydroxylation is 2. The zero-order valence-corrected chi connectivity index (χ0v) is 17.9. The number of carbonyl (C=O) groups is 1. The summed E-state index contributed by atoms with van der Waals surface area (Å²) in [6, 6.07) is 14.0. The lowest BCUT2D eigenvalue weighted by atomic mass is 10.1. The van der Waals surface area contributed by atoms with E-state index in [1.165, 1.54) is 16.4 Å². The molecule has 29 heavy (non-hydrogen) atoms. The Bertz CT molecular complexity index is 1150. The molecule has 152 valence electrons. The van der Waals surface area contributed by atoms with Gasteiger partial charge in [-0.05, 0) is 56.3 Å². The maximum absolute atomic E-state index is 12.8. The van der Waals surface area contributed by atoms with Crippen molar-refractivity contribution in [1.82, 2.24) is 9.29 Å². The highest BCUT2D eigenvalue weighted by Gasteiger charge is 2.21. The van der Waals surface area contributed by atoms with Crippen LogP contribution in [0.2, 0.25) is 0 Å². The van der Waals surface area contributed by atoms with Crippen LogP contribution >= 0.6 is 0 Å². The van der Waals surface area contributed by atoms with Gasteiger partial charge >= 0.3 is 0 Å². The van der Waals surface area contributed by atoms with Crippen molar-refractivity contribution in [1.29, 1.82) is 0 Å². The van der Waals surface area contributed by atoms with E-state index in [-0.39, 0.29) is 10.8 Å². The van der Waals surface area contributed by atoms with Crippen LogP contribution in [0.4, 0.5) is 5.69 Å². The first kappa shape index (κ1) is 21.0. The molecule has 1 N–H and O–H groups in total. The lowest BCUT2D eigenvalue weighted by Crippen LogP contribution is -2.30. The number of carbonyl (C=O) groups excluding carboxylic acids is 1. The van der Waals surface area contributed by atoms with Gasteiger partial charge in [-0.2, -0.15) is 4.31 Å². The van der Waals surface area contributed by atoms with Crippen LogP contribution in [0.1, 0.15) is 35.5 Å². The topological polar surface area (TPSA) is 79.4 Å². The number of aromatic nitrogens is 1. The van der Waals surface area contributed by atoms with Crippen molar-refractivity contribution in [3.63, 3.8) is 0 Å². The minimum atomic E-state index is -3.52. The monoisotopic (exact) mass is 411 g/mol. The number of benzene rings is 2. The van der Waals surface area contributed by atoms with E-state index in [0.717, 1.165) is 16.5 Å². The van der Waals surface area contributed by atoms with Gasteiger partial charge in [-0.1, -0.05) is 25.5 Å². The van der Waals surface area contributed by atoms with Crippen molar-refractivity contribution < 1.29 is 13.2 Å². The Morgan fingerprint density at radius 2 is 1.66 bits per heavy atom. The molecule has 0 bridgehead atoms.